The molecule has 4 nitrogen and oxygen atoms in total. The lowest BCUT2D eigenvalue weighted by Gasteiger charge is -2.26. The van der Waals surface area contributed by atoms with Crippen molar-refractivity contribution in [1.29, 1.82) is 0 Å². The summed E-state index contributed by atoms with van der Waals surface area (Å²) < 4.78 is 0. The van der Waals surface area contributed by atoms with Gasteiger partial charge in [0.1, 0.15) is 0 Å². The van der Waals surface area contributed by atoms with E-state index in [2.05, 4.69) is 12.1 Å². The lowest BCUT2D eigenvalue weighted by molar-refractivity contribution is -0.137. The van der Waals surface area contributed by atoms with E-state index in [9.17, 15) is 9.59 Å². The normalized spacial score (nSPS) is 22.1. The molecule has 1 aliphatic heterocycles. The Morgan fingerprint density at radius 1 is 1.10 bits per heavy atom. The number of hydrogen-bond acceptors (Lipinski definition) is 2. The molecule has 4 heteroatoms. The smallest absolute Gasteiger partial charge is 0.305 e. The van der Waals surface area contributed by atoms with E-state index in [1.807, 2.05) is 12.1 Å². The molecule has 1 aromatic rings. The van der Waals surface area contributed by atoms with Crippen LogP contribution in [0.15, 0.2) is 24.3 Å². The van der Waals surface area contributed by atoms with Crippen molar-refractivity contribution in [2.75, 3.05) is 6.54 Å². The summed E-state index contributed by atoms with van der Waals surface area (Å²) in [5, 5.41) is 8.94. The van der Waals surface area contributed by atoms with Gasteiger partial charge in [-0.3, -0.25) is 9.59 Å². The highest BCUT2D eigenvalue weighted by Gasteiger charge is 2.31. The van der Waals surface area contributed by atoms with Gasteiger partial charge >= 0.3 is 5.97 Å². The molecular weight excluding hydrogens is 266 g/mol. The maximum Gasteiger partial charge on any atom is 0.305 e. The first-order valence-corrected chi connectivity index (χ1v) is 7.78. The third-order valence-electron chi connectivity index (χ3n) is 4.78. The number of hydrogen-bond donors (Lipinski definition) is 1. The summed E-state index contributed by atoms with van der Waals surface area (Å²) in [4.78, 5) is 25.1. The van der Waals surface area contributed by atoms with Crippen molar-refractivity contribution in [3.8, 4) is 0 Å². The number of aliphatic carboxylic acids is 1. The van der Waals surface area contributed by atoms with Gasteiger partial charge in [-0.25, -0.2) is 0 Å². The van der Waals surface area contributed by atoms with Gasteiger partial charge in [0, 0.05) is 18.2 Å². The number of carboxylic acid groups (broad SMARTS) is 1. The highest BCUT2D eigenvalue weighted by molar-refractivity contribution is 5.94. The Labute approximate surface area is 124 Å². The molecule has 1 saturated carbocycles. The summed E-state index contributed by atoms with van der Waals surface area (Å²) in [7, 11) is 0. The standard InChI is InChI=1S/C17H21NO3/c19-16(20)11-15-5-2-10-18(15)17(21)14-8-6-13(7-9-14)12-3-1-4-12/h6-9,12,15H,1-5,10-11H2,(H,19,20). The molecule has 1 aliphatic carbocycles. The van der Waals surface area contributed by atoms with Crippen LogP contribution in [0, 0.1) is 0 Å². The average molecular weight is 287 g/mol. The fourth-order valence-electron chi connectivity index (χ4n) is 3.32. The van der Waals surface area contributed by atoms with Crippen LogP contribution in [0.25, 0.3) is 0 Å². The summed E-state index contributed by atoms with van der Waals surface area (Å²) in [5.74, 6) is -0.195. The Hall–Kier alpha value is -1.84. The molecule has 3 rings (SSSR count). The van der Waals surface area contributed by atoms with Gasteiger partial charge < -0.3 is 10.0 Å². The maximum absolute atomic E-state index is 12.5. The molecule has 2 aliphatic rings. The quantitative estimate of drug-likeness (QED) is 0.926. The number of carbonyl (C=O) groups excluding carboxylic acids is 1. The van der Waals surface area contributed by atoms with E-state index in [0.29, 0.717) is 18.0 Å². The predicted molar refractivity (Wildman–Crippen MR) is 79.3 cm³/mol. The molecule has 112 valence electrons. The molecule has 0 radical (unpaired) electrons. The van der Waals surface area contributed by atoms with Gasteiger partial charge in [0.25, 0.3) is 5.91 Å². The molecule has 1 atom stereocenters. The van der Waals surface area contributed by atoms with Gasteiger partial charge in [0.2, 0.25) is 0 Å². The topological polar surface area (TPSA) is 57.6 Å². The van der Waals surface area contributed by atoms with Crippen LogP contribution in [0.4, 0.5) is 0 Å². The average Bonchev–Trinajstić information content (AvgIpc) is 2.84. The number of amides is 1. The number of likely N-dealkylation sites (tertiary alicyclic amines) is 1. The number of carbonyl (C=O) groups is 2. The van der Waals surface area contributed by atoms with Crippen LogP contribution >= 0.6 is 0 Å². The zero-order valence-electron chi connectivity index (χ0n) is 12.1. The Morgan fingerprint density at radius 3 is 2.38 bits per heavy atom. The van der Waals surface area contributed by atoms with Crippen molar-refractivity contribution in [1.82, 2.24) is 4.90 Å². The minimum atomic E-state index is -0.833. The summed E-state index contributed by atoms with van der Waals surface area (Å²) >= 11 is 0. The van der Waals surface area contributed by atoms with Crippen molar-refractivity contribution in [3.05, 3.63) is 35.4 Å². The van der Waals surface area contributed by atoms with Gasteiger partial charge in [-0.2, -0.15) is 0 Å². The van der Waals surface area contributed by atoms with Gasteiger partial charge in [-0.05, 0) is 49.3 Å². The second kappa shape index (κ2) is 5.88. The first-order valence-electron chi connectivity index (χ1n) is 7.78. The van der Waals surface area contributed by atoms with E-state index in [1.165, 1.54) is 24.8 Å². The first-order chi connectivity index (χ1) is 10.1. The Morgan fingerprint density at radius 2 is 1.81 bits per heavy atom. The Bertz CT molecular complexity index is 533. The van der Waals surface area contributed by atoms with Crippen LogP contribution in [-0.4, -0.2) is 34.5 Å². The van der Waals surface area contributed by atoms with Crippen LogP contribution in [0.3, 0.4) is 0 Å². The Kier molecular flexibility index (Phi) is 3.95. The van der Waals surface area contributed by atoms with Gasteiger partial charge in [-0.15, -0.1) is 0 Å². The molecule has 1 N–H and O–H groups in total. The highest BCUT2D eigenvalue weighted by atomic mass is 16.4. The predicted octanol–water partition coefficient (Wildman–Crippen LogP) is 3.03. The molecule has 0 aromatic heterocycles. The van der Waals surface area contributed by atoms with E-state index in [0.717, 1.165) is 12.8 Å². The van der Waals surface area contributed by atoms with Crippen LogP contribution in [0.1, 0.15) is 60.4 Å². The first kappa shape index (κ1) is 14.1. The monoisotopic (exact) mass is 287 g/mol. The molecule has 1 saturated heterocycles. The van der Waals surface area contributed by atoms with Gasteiger partial charge in [0.05, 0.1) is 6.42 Å². The van der Waals surface area contributed by atoms with Crippen LogP contribution in [-0.2, 0) is 4.79 Å². The van der Waals surface area contributed by atoms with Crippen molar-refractivity contribution >= 4 is 11.9 Å². The summed E-state index contributed by atoms with van der Waals surface area (Å²) in [6.07, 6.45) is 5.53. The third-order valence-corrected chi connectivity index (χ3v) is 4.78. The van der Waals surface area contributed by atoms with Crippen molar-refractivity contribution in [3.63, 3.8) is 0 Å². The largest absolute Gasteiger partial charge is 0.481 e. The second-order valence-electron chi connectivity index (χ2n) is 6.14. The number of carboxylic acids is 1. The van der Waals surface area contributed by atoms with E-state index in [4.69, 9.17) is 5.11 Å². The minimum Gasteiger partial charge on any atom is -0.481 e. The van der Waals surface area contributed by atoms with Crippen LogP contribution in [0.2, 0.25) is 0 Å². The van der Waals surface area contributed by atoms with Crippen molar-refractivity contribution in [2.24, 2.45) is 0 Å². The SMILES string of the molecule is O=C(O)CC1CCCN1C(=O)c1ccc(C2CCC2)cc1. The zero-order valence-corrected chi connectivity index (χ0v) is 12.1. The second-order valence-corrected chi connectivity index (χ2v) is 6.14. The van der Waals surface area contributed by atoms with Crippen LogP contribution < -0.4 is 0 Å². The van der Waals surface area contributed by atoms with E-state index in [-0.39, 0.29) is 18.4 Å². The molecule has 0 spiro atoms. The molecule has 2 fully saturated rings. The van der Waals surface area contributed by atoms with Crippen molar-refractivity contribution in [2.45, 2.75) is 50.5 Å². The molecule has 21 heavy (non-hydrogen) atoms. The fourth-order valence-corrected chi connectivity index (χ4v) is 3.32. The van der Waals surface area contributed by atoms with Crippen LogP contribution in [0.5, 0.6) is 0 Å². The summed E-state index contributed by atoms with van der Waals surface area (Å²) in [6, 6.07) is 7.75. The number of nitrogens with zero attached hydrogens (tertiary/aromatic N) is 1. The molecule has 0 bridgehead atoms. The maximum atomic E-state index is 12.5. The summed E-state index contributed by atoms with van der Waals surface area (Å²) in [5.41, 5.74) is 2.00. The minimum absolute atomic E-state index is 0.0288. The molecular formula is C17H21NO3. The van der Waals surface area contributed by atoms with Gasteiger partial charge in [-0.1, -0.05) is 18.6 Å². The highest BCUT2D eigenvalue weighted by Crippen LogP contribution is 2.36. The number of rotatable bonds is 4. The zero-order chi connectivity index (χ0) is 14.8. The Balaban J connectivity index is 1.70. The lowest BCUT2D eigenvalue weighted by atomic mass is 9.80. The van der Waals surface area contributed by atoms with E-state index in [1.54, 1.807) is 4.90 Å². The van der Waals surface area contributed by atoms with E-state index < -0.39 is 5.97 Å². The summed E-state index contributed by atoms with van der Waals surface area (Å²) in [6.45, 7) is 0.668. The third kappa shape index (κ3) is 2.94. The fraction of sp³-hybridized carbons (Fsp3) is 0.529. The number of benzene rings is 1. The molecule has 1 amide bonds. The molecule has 1 aromatic carbocycles. The van der Waals surface area contributed by atoms with Gasteiger partial charge in [0.15, 0.2) is 0 Å². The molecule has 1 unspecified atom stereocenters. The lowest BCUT2D eigenvalue weighted by Crippen LogP contribution is -2.36. The molecule has 1 heterocycles. The van der Waals surface area contributed by atoms with E-state index >= 15 is 0 Å². The van der Waals surface area contributed by atoms with Crippen molar-refractivity contribution < 1.29 is 14.7 Å².